The lowest BCUT2D eigenvalue weighted by Gasteiger charge is -1.99. The predicted molar refractivity (Wildman–Crippen MR) is 71.1 cm³/mol. The number of oxazole rings is 1. The number of nitrogens with zero attached hydrogens (tertiary/aromatic N) is 3. The molecule has 0 atom stereocenters. The molecule has 0 spiro atoms. The predicted octanol–water partition coefficient (Wildman–Crippen LogP) is 2.66. The van der Waals surface area contributed by atoms with Crippen LogP contribution in [-0.4, -0.2) is 20.8 Å². The number of carbonyl (C=O) groups is 1. The van der Waals surface area contributed by atoms with Gasteiger partial charge in [0.2, 0.25) is 0 Å². The van der Waals surface area contributed by atoms with Crippen LogP contribution < -0.4 is 0 Å². The average molecular weight is 255 g/mol. The molecule has 96 valence electrons. The number of carbonyl (C=O) groups excluding carboxylic acids is 1. The molecule has 0 aliphatic rings. The molecule has 2 aromatic heterocycles. The fourth-order valence-corrected chi connectivity index (χ4v) is 2.16. The summed E-state index contributed by atoms with van der Waals surface area (Å²) in [5, 5.41) is 0. The van der Waals surface area contributed by atoms with Gasteiger partial charge in [0.1, 0.15) is 17.0 Å². The minimum absolute atomic E-state index is 0.567. The Balaban J connectivity index is 2.23. The highest BCUT2D eigenvalue weighted by Crippen LogP contribution is 2.26. The molecule has 3 rings (SSSR count). The van der Waals surface area contributed by atoms with Crippen molar-refractivity contribution < 1.29 is 9.21 Å². The van der Waals surface area contributed by atoms with E-state index in [0.29, 0.717) is 17.3 Å². The smallest absolute Gasteiger partial charge is 0.192 e. The number of aryl methyl sites for hydroxylation is 2. The van der Waals surface area contributed by atoms with Gasteiger partial charge in [0.05, 0.1) is 5.69 Å². The van der Waals surface area contributed by atoms with E-state index in [0.717, 1.165) is 28.8 Å². The van der Waals surface area contributed by atoms with Crippen molar-refractivity contribution in [3.05, 3.63) is 35.6 Å². The highest BCUT2D eigenvalue weighted by atomic mass is 16.3. The van der Waals surface area contributed by atoms with Crippen molar-refractivity contribution in [2.45, 2.75) is 13.8 Å². The van der Waals surface area contributed by atoms with Crippen LogP contribution in [0, 0.1) is 13.8 Å². The second-order valence-corrected chi connectivity index (χ2v) is 4.49. The third-order valence-corrected chi connectivity index (χ3v) is 3.24. The normalized spacial score (nSPS) is 11.1. The van der Waals surface area contributed by atoms with E-state index in [2.05, 4.69) is 9.97 Å². The number of aromatic nitrogens is 3. The Morgan fingerprint density at radius 2 is 2.05 bits per heavy atom. The van der Waals surface area contributed by atoms with Crippen LogP contribution >= 0.6 is 0 Å². The first kappa shape index (κ1) is 11.6. The van der Waals surface area contributed by atoms with Gasteiger partial charge < -0.3 is 8.98 Å². The van der Waals surface area contributed by atoms with Crippen LogP contribution in [0.15, 0.2) is 22.6 Å². The summed E-state index contributed by atoms with van der Waals surface area (Å²) in [5.74, 6) is 1.42. The Kier molecular flexibility index (Phi) is 2.48. The van der Waals surface area contributed by atoms with Gasteiger partial charge in [-0.1, -0.05) is 0 Å². The maximum absolute atomic E-state index is 11.2. The molecule has 1 aromatic carbocycles. The zero-order valence-electron chi connectivity index (χ0n) is 11.0. The number of aldehydes is 1. The molecule has 19 heavy (non-hydrogen) atoms. The molecule has 0 saturated heterocycles. The highest BCUT2D eigenvalue weighted by Gasteiger charge is 2.14. The van der Waals surface area contributed by atoms with Gasteiger partial charge in [0.25, 0.3) is 0 Å². The van der Waals surface area contributed by atoms with Gasteiger partial charge >= 0.3 is 0 Å². The molecule has 2 heterocycles. The van der Waals surface area contributed by atoms with Gasteiger partial charge in [-0.05, 0) is 25.1 Å². The summed E-state index contributed by atoms with van der Waals surface area (Å²) in [7, 11) is 1.83. The molecular weight excluding hydrogens is 242 g/mol. The van der Waals surface area contributed by atoms with Gasteiger partial charge in [-0.2, -0.15) is 0 Å². The van der Waals surface area contributed by atoms with E-state index >= 15 is 0 Å². The van der Waals surface area contributed by atoms with Gasteiger partial charge in [-0.15, -0.1) is 0 Å². The second-order valence-electron chi connectivity index (χ2n) is 4.49. The minimum Gasteiger partial charge on any atom is -0.441 e. The summed E-state index contributed by atoms with van der Waals surface area (Å²) in [6, 6.07) is 5.63. The van der Waals surface area contributed by atoms with Crippen molar-refractivity contribution in [3.8, 4) is 11.3 Å². The molecule has 0 fully saturated rings. The minimum atomic E-state index is 0.567. The Morgan fingerprint density at radius 1 is 1.26 bits per heavy atom. The molecular formula is C14H13N3O2. The van der Waals surface area contributed by atoms with Crippen molar-refractivity contribution in [3.63, 3.8) is 0 Å². The Labute approximate surface area is 109 Å². The monoisotopic (exact) mass is 255 g/mol. The molecule has 0 amide bonds. The van der Waals surface area contributed by atoms with E-state index in [1.54, 1.807) is 11.5 Å². The van der Waals surface area contributed by atoms with Gasteiger partial charge in [0.15, 0.2) is 17.8 Å². The highest BCUT2D eigenvalue weighted by molar-refractivity contribution is 5.87. The zero-order valence-corrected chi connectivity index (χ0v) is 11.0. The van der Waals surface area contributed by atoms with Crippen LogP contribution in [0.2, 0.25) is 0 Å². The van der Waals surface area contributed by atoms with Crippen LogP contribution in [0.1, 0.15) is 22.2 Å². The number of hydrogen-bond acceptors (Lipinski definition) is 4. The summed E-state index contributed by atoms with van der Waals surface area (Å²) in [5.41, 5.74) is 3.62. The molecule has 5 nitrogen and oxygen atoms in total. The van der Waals surface area contributed by atoms with Crippen LogP contribution in [0.3, 0.4) is 0 Å². The fourth-order valence-electron chi connectivity index (χ4n) is 2.16. The standard InChI is InChI=1S/C14H13N3O2/c1-8-15-14(12(7-18)17(8)3)10-4-5-13-11(6-10)16-9(2)19-13/h4-7H,1-3H3. The topological polar surface area (TPSA) is 60.9 Å². The molecule has 0 N–H and O–H groups in total. The summed E-state index contributed by atoms with van der Waals surface area (Å²) < 4.78 is 7.22. The number of fused-ring (bicyclic) bond motifs is 1. The summed E-state index contributed by atoms with van der Waals surface area (Å²) >= 11 is 0. The molecule has 5 heteroatoms. The second kappa shape index (κ2) is 4.05. The van der Waals surface area contributed by atoms with Gasteiger partial charge in [-0.25, -0.2) is 9.97 Å². The lowest BCUT2D eigenvalue weighted by molar-refractivity contribution is 0.111. The lowest BCUT2D eigenvalue weighted by atomic mass is 10.1. The maximum atomic E-state index is 11.2. The van der Waals surface area contributed by atoms with Crippen LogP contribution in [0.4, 0.5) is 0 Å². The summed E-state index contributed by atoms with van der Waals surface area (Å²) in [6.45, 7) is 3.68. The number of rotatable bonds is 2. The largest absolute Gasteiger partial charge is 0.441 e. The molecule has 0 bridgehead atoms. The molecule has 0 aliphatic heterocycles. The first-order chi connectivity index (χ1) is 9.10. The maximum Gasteiger partial charge on any atom is 0.192 e. The first-order valence-corrected chi connectivity index (χ1v) is 5.96. The molecule has 3 aromatic rings. The SMILES string of the molecule is Cc1nc2cc(-c3nc(C)n(C)c3C=O)ccc2o1. The zero-order chi connectivity index (χ0) is 13.6. The summed E-state index contributed by atoms with van der Waals surface area (Å²) in [6.07, 6.45) is 0.827. The van der Waals surface area contributed by atoms with Crippen molar-refractivity contribution in [2.75, 3.05) is 0 Å². The van der Waals surface area contributed by atoms with Crippen LogP contribution in [0.5, 0.6) is 0 Å². The third-order valence-electron chi connectivity index (χ3n) is 3.24. The third kappa shape index (κ3) is 1.74. The van der Waals surface area contributed by atoms with Crippen molar-refractivity contribution in [1.29, 1.82) is 0 Å². The fraction of sp³-hybridized carbons (Fsp3) is 0.214. The van der Waals surface area contributed by atoms with E-state index in [4.69, 9.17) is 4.42 Å². The van der Waals surface area contributed by atoms with E-state index < -0.39 is 0 Å². The van der Waals surface area contributed by atoms with Crippen molar-refractivity contribution in [1.82, 2.24) is 14.5 Å². The Morgan fingerprint density at radius 3 is 2.79 bits per heavy atom. The van der Waals surface area contributed by atoms with E-state index in [9.17, 15) is 4.79 Å². The summed E-state index contributed by atoms with van der Waals surface area (Å²) in [4.78, 5) is 19.9. The number of hydrogen-bond donors (Lipinski definition) is 0. The van der Waals surface area contributed by atoms with E-state index in [1.165, 1.54) is 0 Å². The Bertz CT molecular complexity index is 783. The lowest BCUT2D eigenvalue weighted by Crippen LogP contribution is -1.97. The molecule has 0 unspecified atom stereocenters. The van der Waals surface area contributed by atoms with Crippen molar-refractivity contribution in [2.24, 2.45) is 7.05 Å². The molecule has 0 radical (unpaired) electrons. The first-order valence-electron chi connectivity index (χ1n) is 5.96. The van der Waals surface area contributed by atoms with E-state index in [1.807, 2.05) is 32.2 Å². The molecule has 0 aliphatic carbocycles. The van der Waals surface area contributed by atoms with E-state index in [-0.39, 0.29) is 0 Å². The Hall–Kier alpha value is -2.43. The number of imidazole rings is 1. The van der Waals surface area contributed by atoms with Gasteiger partial charge in [-0.3, -0.25) is 4.79 Å². The van der Waals surface area contributed by atoms with Crippen molar-refractivity contribution >= 4 is 17.4 Å². The van der Waals surface area contributed by atoms with Crippen LogP contribution in [0.25, 0.3) is 22.4 Å². The quantitative estimate of drug-likeness (QED) is 0.660. The average Bonchev–Trinajstić information content (AvgIpc) is 2.89. The molecule has 0 saturated carbocycles. The number of benzene rings is 1. The van der Waals surface area contributed by atoms with Gasteiger partial charge in [0, 0.05) is 19.5 Å². The van der Waals surface area contributed by atoms with Crippen LogP contribution in [-0.2, 0) is 7.05 Å².